The van der Waals surface area contributed by atoms with Crippen molar-refractivity contribution in [1.82, 2.24) is 10.6 Å². The van der Waals surface area contributed by atoms with E-state index in [-0.39, 0.29) is 11.4 Å². The van der Waals surface area contributed by atoms with Crippen LogP contribution in [0.25, 0.3) is 0 Å². The highest BCUT2D eigenvalue weighted by atomic mass is 16.1. The molecule has 3 nitrogen and oxygen atoms in total. The molecule has 2 bridgehead atoms. The summed E-state index contributed by atoms with van der Waals surface area (Å²) in [4.78, 5) is 11.1. The van der Waals surface area contributed by atoms with E-state index in [1.807, 2.05) is 0 Å². The van der Waals surface area contributed by atoms with Crippen molar-refractivity contribution in [3.63, 3.8) is 0 Å². The fraction of sp³-hybridized carbons (Fsp3) is 0.875. The number of hydrogen-bond acceptors (Lipinski definition) is 2. The van der Waals surface area contributed by atoms with Gasteiger partial charge in [0.25, 0.3) is 0 Å². The van der Waals surface area contributed by atoms with Crippen molar-refractivity contribution in [2.24, 2.45) is 0 Å². The van der Waals surface area contributed by atoms with Crippen molar-refractivity contribution in [2.75, 3.05) is 6.54 Å². The molecule has 2 saturated heterocycles. The smallest absolute Gasteiger partial charge is 0.221 e. The lowest BCUT2D eigenvalue weighted by Crippen LogP contribution is -2.45. The first-order chi connectivity index (χ1) is 5.18. The standard InChI is InChI=1S/C8H14N2O/c1-8-3-2-6(10-8)4-7(11)9-5-8/h6,10H,2-5H2,1H3,(H,9,11). The maximum absolute atomic E-state index is 11.1. The molecule has 2 aliphatic heterocycles. The van der Waals surface area contributed by atoms with E-state index in [4.69, 9.17) is 0 Å². The molecule has 2 atom stereocenters. The van der Waals surface area contributed by atoms with Crippen molar-refractivity contribution < 1.29 is 4.79 Å². The van der Waals surface area contributed by atoms with E-state index in [9.17, 15) is 4.79 Å². The molecule has 11 heavy (non-hydrogen) atoms. The van der Waals surface area contributed by atoms with E-state index in [1.165, 1.54) is 6.42 Å². The van der Waals surface area contributed by atoms with Crippen molar-refractivity contribution in [2.45, 2.75) is 37.8 Å². The number of fused-ring (bicyclic) bond motifs is 2. The Hall–Kier alpha value is -0.570. The van der Waals surface area contributed by atoms with Gasteiger partial charge in [0.2, 0.25) is 5.91 Å². The predicted molar refractivity (Wildman–Crippen MR) is 42.2 cm³/mol. The Bertz CT molecular complexity index is 193. The zero-order valence-corrected chi connectivity index (χ0v) is 6.81. The van der Waals surface area contributed by atoms with Gasteiger partial charge >= 0.3 is 0 Å². The Morgan fingerprint density at radius 1 is 1.64 bits per heavy atom. The molecule has 0 saturated carbocycles. The summed E-state index contributed by atoms with van der Waals surface area (Å²) in [5.41, 5.74) is 0.177. The lowest BCUT2D eigenvalue weighted by molar-refractivity contribution is -0.121. The second kappa shape index (κ2) is 2.21. The minimum atomic E-state index is 0.177. The summed E-state index contributed by atoms with van der Waals surface area (Å²) in [6.07, 6.45) is 3.01. The first kappa shape index (κ1) is 7.10. The van der Waals surface area contributed by atoms with Crippen LogP contribution in [0.2, 0.25) is 0 Å². The van der Waals surface area contributed by atoms with Crippen LogP contribution in [0.3, 0.4) is 0 Å². The zero-order chi connectivity index (χ0) is 7.90. The third-order valence-corrected chi connectivity index (χ3v) is 2.70. The van der Waals surface area contributed by atoms with Crippen LogP contribution in [0.4, 0.5) is 0 Å². The van der Waals surface area contributed by atoms with Gasteiger partial charge in [0.15, 0.2) is 0 Å². The molecular weight excluding hydrogens is 140 g/mol. The first-order valence-corrected chi connectivity index (χ1v) is 4.22. The van der Waals surface area contributed by atoms with E-state index < -0.39 is 0 Å². The van der Waals surface area contributed by atoms with Crippen LogP contribution in [0, 0.1) is 0 Å². The highest BCUT2D eigenvalue weighted by Gasteiger charge is 2.37. The Kier molecular flexibility index (Phi) is 1.42. The van der Waals surface area contributed by atoms with Gasteiger partial charge in [-0.15, -0.1) is 0 Å². The zero-order valence-electron chi connectivity index (χ0n) is 6.81. The highest BCUT2D eigenvalue weighted by molar-refractivity contribution is 5.77. The van der Waals surface area contributed by atoms with Gasteiger partial charge < -0.3 is 10.6 Å². The monoisotopic (exact) mass is 154 g/mol. The van der Waals surface area contributed by atoms with Gasteiger partial charge in [0.1, 0.15) is 0 Å². The van der Waals surface area contributed by atoms with Crippen LogP contribution in [0.1, 0.15) is 26.2 Å². The van der Waals surface area contributed by atoms with Crippen molar-refractivity contribution >= 4 is 5.91 Å². The van der Waals surface area contributed by atoms with Gasteiger partial charge in [-0.25, -0.2) is 0 Å². The molecule has 1 amide bonds. The molecule has 2 heterocycles. The fourth-order valence-corrected chi connectivity index (χ4v) is 2.01. The van der Waals surface area contributed by atoms with Crippen molar-refractivity contribution in [1.29, 1.82) is 0 Å². The third-order valence-electron chi connectivity index (χ3n) is 2.70. The summed E-state index contributed by atoms with van der Waals surface area (Å²) >= 11 is 0. The van der Waals surface area contributed by atoms with Gasteiger partial charge in [0, 0.05) is 24.5 Å². The van der Waals surface area contributed by atoms with Crippen LogP contribution >= 0.6 is 0 Å². The Morgan fingerprint density at radius 3 is 3.27 bits per heavy atom. The molecule has 2 unspecified atom stereocenters. The van der Waals surface area contributed by atoms with E-state index in [2.05, 4.69) is 17.6 Å². The molecule has 0 aromatic heterocycles. The fourth-order valence-electron chi connectivity index (χ4n) is 2.01. The summed E-state index contributed by atoms with van der Waals surface area (Å²) in [5.74, 6) is 0.200. The molecule has 0 aliphatic carbocycles. The van der Waals surface area contributed by atoms with Crippen molar-refractivity contribution in [3.05, 3.63) is 0 Å². The summed E-state index contributed by atoms with van der Waals surface area (Å²) in [5, 5.41) is 6.39. The lowest BCUT2D eigenvalue weighted by Gasteiger charge is -2.22. The largest absolute Gasteiger partial charge is 0.354 e. The normalized spacial score (nSPS) is 43.4. The van der Waals surface area contributed by atoms with E-state index in [0.29, 0.717) is 12.5 Å². The summed E-state index contributed by atoms with van der Waals surface area (Å²) in [6, 6.07) is 0.433. The molecular formula is C8H14N2O. The second-order valence-electron chi connectivity index (χ2n) is 3.92. The second-order valence-corrected chi connectivity index (χ2v) is 3.92. The van der Waals surface area contributed by atoms with Gasteiger partial charge in [-0.2, -0.15) is 0 Å². The van der Waals surface area contributed by atoms with Gasteiger partial charge in [-0.3, -0.25) is 4.79 Å². The molecule has 2 N–H and O–H groups in total. The van der Waals surface area contributed by atoms with Gasteiger partial charge in [0.05, 0.1) is 0 Å². The van der Waals surface area contributed by atoms with E-state index in [0.717, 1.165) is 13.0 Å². The number of carbonyl (C=O) groups is 1. The maximum atomic E-state index is 11.1. The number of rotatable bonds is 0. The summed E-state index contributed by atoms with van der Waals surface area (Å²) < 4.78 is 0. The highest BCUT2D eigenvalue weighted by Crippen LogP contribution is 2.25. The van der Waals surface area contributed by atoms with Crippen molar-refractivity contribution in [3.8, 4) is 0 Å². The Balaban J connectivity index is 2.14. The quantitative estimate of drug-likeness (QED) is 0.516. The van der Waals surface area contributed by atoms with Gasteiger partial charge in [-0.1, -0.05) is 0 Å². The molecule has 0 spiro atoms. The molecule has 2 aliphatic rings. The molecule has 3 heteroatoms. The molecule has 2 rings (SSSR count). The SMILES string of the molecule is CC12CCC(CC(=O)NC1)N2. The molecule has 0 aromatic carbocycles. The third kappa shape index (κ3) is 1.25. The molecule has 0 aromatic rings. The van der Waals surface area contributed by atoms with E-state index >= 15 is 0 Å². The minimum absolute atomic E-state index is 0.177. The number of hydrogen-bond donors (Lipinski definition) is 2. The minimum Gasteiger partial charge on any atom is -0.354 e. The lowest BCUT2D eigenvalue weighted by atomic mass is 9.99. The number of nitrogens with one attached hydrogen (secondary N) is 2. The molecule has 0 radical (unpaired) electrons. The maximum Gasteiger partial charge on any atom is 0.221 e. The number of amides is 1. The van der Waals surface area contributed by atoms with Crippen LogP contribution in [-0.4, -0.2) is 24.0 Å². The molecule has 62 valence electrons. The predicted octanol–water partition coefficient (Wildman–Crippen LogP) is 0.0170. The summed E-state index contributed by atoms with van der Waals surface area (Å²) in [6.45, 7) is 2.97. The molecule has 2 fully saturated rings. The Morgan fingerprint density at radius 2 is 2.45 bits per heavy atom. The average molecular weight is 154 g/mol. The topological polar surface area (TPSA) is 41.1 Å². The average Bonchev–Trinajstić information content (AvgIpc) is 2.21. The van der Waals surface area contributed by atoms with E-state index in [1.54, 1.807) is 0 Å². The van der Waals surface area contributed by atoms with Crippen LogP contribution in [-0.2, 0) is 4.79 Å². The van der Waals surface area contributed by atoms with Crippen LogP contribution in [0.5, 0.6) is 0 Å². The first-order valence-electron chi connectivity index (χ1n) is 4.22. The van der Waals surface area contributed by atoms with Crippen LogP contribution in [0.15, 0.2) is 0 Å². The summed E-state index contributed by atoms with van der Waals surface area (Å²) in [7, 11) is 0. The Labute approximate surface area is 66.5 Å². The van der Waals surface area contributed by atoms with Gasteiger partial charge in [-0.05, 0) is 19.8 Å². The van der Waals surface area contributed by atoms with Crippen LogP contribution < -0.4 is 10.6 Å². The number of carbonyl (C=O) groups excluding carboxylic acids is 1.